The summed E-state index contributed by atoms with van der Waals surface area (Å²) >= 11 is 0. The number of hydrogen-bond acceptors (Lipinski definition) is 7. The molecule has 0 aliphatic heterocycles. The Morgan fingerprint density at radius 1 is 1.26 bits per heavy atom. The molecule has 0 aliphatic rings. The molecule has 9 heteroatoms. The van der Waals surface area contributed by atoms with E-state index in [1.807, 2.05) is 36.6 Å². The first-order valence-corrected chi connectivity index (χ1v) is 8.38. The van der Waals surface area contributed by atoms with Gasteiger partial charge in [-0.2, -0.15) is 0 Å². The van der Waals surface area contributed by atoms with Crippen LogP contribution >= 0.6 is 0 Å². The van der Waals surface area contributed by atoms with Crippen molar-refractivity contribution in [3.05, 3.63) is 48.4 Å². The molecule has 4 rings (SSSR count). The van der Waals surface area contributed by atoms with Crippen LogP contribution in [0.5, 0.6) is 0 Å². The Kier molecular flexibility index (Phi) is 4.03. The van der Waals surface area contributed by atoms with Gasteiger partial charge in [0.1, 0.15) is 17.6 Å². The summed E-state index contributed by atoms with van der Waals surface area (Å²) < 4.78 is 7.32. The van der Waals surface area contributed by atoms with Gasteiger partial charge in [0.15, 0.2) is 17.2 Å². The van der Waals surface area contributed by atoms with Gasteiger partial charge in [0.25, 0.3) is 5.91 Å². The molecule has 3 N–H and O–H groups in total. The number of nitrogens with two attached hydrogens (primary N) is 1. The Morgan fingerprint density at radius 2 is 2.11 bits per heavy atom. The van der Waals surface area contributed by atoms with Gasteiger partial charge in [0.05, 0.1) is 6.20 Å². The van der Waals surface area contributed by atoms with Crippen LogP contribution in [0.15, 0.2) is 41.4 Å². The number of aryl methyl sites for hydroxylation is 1. The summed E-state index contributed by atoms with van der Waals surface area (Å²) in [5.41, 5.74) is 9.36. The fourth-order valence-electron chi connectivity index (χ4n) is 2.79. The molecule has 27 heavy (non-hydrogen) atoms. The molecule has 0 atom stereocenters. The van der Waals surface area contributed by atoms with Crippen LogP contribution in [0.1, 0.15) is 23.1 Å². The summed E-state index contributed by atoms with van der Waals surface area (Å²) in [6.07, 6.45) is 6.62. The van der Waals surface area contributed by atoms with E-state index >= 15 is 0 Å². The number of pyridine rings is 1. The zero-order valence-corrected chi connectivity index (χ0v) is 14.8. The van der Waals surface area contributed by atoms with Crippen molar-refractivity contribution in [3.8, 4) is 22.8 Å². The maximum absolute atomic E-state index is 12.3. The van der Waals surface area contributed by atoms with Gasteiger partial charge in [0, 0.05) is 30.2 Å². The number of nitrogens with one attached hydrogen (secondary N) is 1. The monoisotopic (exact) mass is 363 g/mol. The molecule has 9 nitrogen and oxygen atoms in total. The summed E-state index contributed by atoms with van der Waals surface area (Å²) in [6.45, 7) is 4.23. The van der Waals surface area contributed by atoms with E-state index in [4.69, 9.17) is 10.2 Å². The minimum atomic E-state index is -0.386. The van der Waals surface area contributed by atoms with Gasteiger partial charge in [-0.05, 0) is 26.0 Å². The number of rotatable bonds is 4. The smallest absolute Gasteiger partial charge is 0.273 e. The highest BCUT2D eigenvalue weighted by molar-refractivity contribution is 5.97. The fourth-order valence-corrected chi connectivity index (χ4v) is 2.79. The molecule has 0 radical (unpaired) electrons. The third-order valence-corrected chi connectivity index (χ3v) is 4.07. The van der Waals surface area contributed by atoms with Crippen LogP contribution in [0.2, 0.25) is 0 Å². The Morgan fingerprint density at radius 3 is 2.85 bits per heavy atom. The Bertz CT molecular complexity index is 1130. The number of oxazole rings is 1. The SMILES string of the molecule is CCNC(=O)c1nc(-c2ccc3ncc(C)n3c2)c(-c2ncco2)nc1N. The van der Waals surface area contributed by atoms with E-state index < -0.39 is 0 Å². The molecule has 1 amide bonds. The van der Waals surface area contributed by atoms with E-state index in [1.54, 1.807) is 6.20 Å². The number of hydrogen-bond donors (Lipinski definition) is 2. The zero-order valence-electron chi connectivity index (χ0n) is 14.8. The first-order chi connectivity index (χ1) is 13.1. The molecular weight excluding hydrogens is 346 g/mol. The largest absolute Gasteiger partial charge is 0.443 e. The summed E-state index contributed by atoms with van der Waals surface area (Å²) in [6, 6.07) is 3.72. The van der Waals surface area contributed by atoms with Crippen molar-refractivity contribution in [3.63, 3.8) is 0 Å². The van der Waals surface area contributed by atoms with Crippen molar-refractivity contribution in [1.29, 1.82) is 0 Å². The van der Waals surface area contributed by atoms with Gasteiger partial charge in [-0.3, -0.25) is 4.79 Å². The van der Waals surface area contributed by atoms with Crippen LogP contribution in [0.4, 0.5) is 5.82 Å². The van der Waals surface area contributed by atoms with Crippen LogP contribution in [-0.2, 0) is 0 Å². The molecule has 0 unspecified atom stereocenters. The quantitative estimate of drug-likeness (QED) is 0.569. The molecule has 4 aromatic rings. The number of nitrogen functional groups attached to an aromatic ring is 1. The summed E-state index contributed by atoms with van der Waals surface area (Å²) in [5, 5.41) is 2.69. The van der Waals surface area contributed by atoms with Crippen LogP contribution in [0.3, 0.4) is 0 Å². The second-order valence-corrected chi connectivity index (χ2v) is 5.90. The summed E-state index contributed by atoms with van der Waals surface area (Å²) in [4.78, 5) is 29.7. The van der Waals surface area contributed by atoms with Crippen molar-refractivity contribution in [2.24, 2.45) is 0 Å². The van der Waals surface area contributed by atoms with Crippen molar-refractivity contribution in [1.82, 2.24) is 29.7 Å². The number of nitrogens with zero attached hydrogens (tertiary/aromatic N) is 5. The molecular formula is C18H17N7O2. The van der Waals surface area contributed by atoms with Crippen LogP contribution in [0.25, 0.3) is 28.5 Å². The Balaban J connectivity index is 1.96. The highest BCUT2D eigenvalue weighted by Gasteiger charge is 2.22. The van der Waals surface area contributed by atoms with Gasteiger partial charge in [-0.15, -0.1) is 0 Å². The van der Waals surface area contributed by atoms with Crippen molar-refractivity contribution < 1.29 is 9.21 Å². The molecule has 0 saturated carbocycles. The van der Waals surface area contributed by atoms with Gasteiger partial charge < -0.3 is 19.9 Å². The molecule has 0 aliphatic carbocycles. The number of anilines is 1. The van der Waals surface area contributed by atoms with E-state index in [2.05, 4.69) is 25.3 Å². The third kappa shape index (κ3) is 2.88. The molecule has 0 fully saturated rings. The molecule has 136 valence electrons. The first-order valence-electron chi connectivity index (χ1n) is 8.38. The van der Waals surface area contributed by atoms with Gasteiger partial charge >= 0.3 is 0 Å². The van der Waals surface area contributed by atoms with Crippen LogP contribution in [0, 0.1) is 6.92 Å². The van der Waals surface area contributed by atoms with Gasteiger partial charge in [0.2, 0.25) is 5.89 Å². The number of carbonyl (C=O) groups excluding carboxylic acids is 1. The van der Waals surface area contributed by atoms with Crippen LogP contribution in [-0.4, -0.2) is 36.8 Å². The second kappa shape index (κ2) is 6.52. The predicted octanol–water partition coefficient (Wildman–Crippen LogP) is 2.09. The number of amides is 1. The number of fused-ring (bicyclic) bond motifs is 1. The van der Waals surface area contributed by atoms with E-state index in [9.17, 15) is 4.79 Å². The van der Waals surface area contributed by atoms with E-state index in [0.717, 1.165) is 16.9 Å². The fraction of sp³-hybridized carbons (Fsp3) is 0.167. The second-order valence-electron chi connectivity index (χ2n) is 5.90. The molecule has 0 spiro atoms. The zero-order chi connectivity index (χ0) is 19.0. The molecule has 0 saturated heterocycles. The predicted molar refractivity (Wildman–Crippen MR) is 98.9 cm³/mol. The highest BCUT2D eigenvalue weighted by Crippen LogP contribution is 2.30. The topological polar surface area (TPSA) is 124 Å². The maximum Gasteiger partial charge on any atom is 0.273 e. The molecule has 0 aromatic carbocycles. The van der Waals surface area contributed by atoms with Gasteiger partial charge in [-0.1, -0.05) is 0 Å². The lowest BCUT2D eigenvalue weighted by Gasteiger charge is -2.11. The lowest BCUT2D eigenvalue weighted by Crippen LogP contribution is -2.25. The number of aromatic nitrogens is 5. The summed E-state index contributed by atoms with van der Waals surface area (Å²) in [7, 11) is 0. The maximum atomic E-state index is 12.3. The number of imidazole rings is 1. The minimum absolute atomic E-state index is 0.0118. The lowest BCUT2D eigenvalue weighted by atomic mass is 10.1. The van der Waals surface area contributed by atoms with Crippen molar-refractivity contribution in [2.75, 3.05) is 12.3 Å². The van der Waals surface area contributed by atoms with E-state index in [1.165, 1.54) is 12.5 Å². The molecule has 4 aromatic heterocycles. The average molecular weight is 363 g/mol. The highest BCUT2D eigenvalue weighted by atomic mass is 16.3. The summed E-state index contributed by atoms with van der Waals surface area (Å²) in [5.74, 6) is -0.102. The first kappa shape index (κ1) is 16.7. The normalized spacial score (nSPS) is 11.0. The standard InChI is InChI=1S/C18H17N7O2/c1-3-20-17(26)15-16(19)24-14(18-21-6-7-27-18)13(23-15)11-4-5-12-22-8-10(2)25(12)9-11/h4-9H,3H2,1-2H3,(H2,19,24)(H,20,26). The Labute approximate surface area is 154 Å². The average Bonchev–Trinajstić information content (AvgIpc) is 3.32. The number of carbonyl (C=O) groups is 1. The van der Waals surface area contributed by atoms with Crippen molar-refractivity contribution in [2.45, 2.75) is 13.8 Å². The Hall–Kier alpha value is -3.75. The van der Waals surface area contributed by atoms with E-state index in [-0.39, 0.29) is 23.3 Å². The lowest BCUT2D eigenvalue weighted by molar-refractivity contribution is 0.0951. The van der Waals surface area contributed by atoms with Crippen LogP contribution < -0.4 is 11.1 Å². The van der Waals surface area contributed by atoms with E-state index in [0.29, 0.717) is 17.9 Å². The third-order valence-electron chi connectivity index (χ3n) is 4.07. The minimum Gasteiger partial charge on any atom is -0.443 e. The van der Waals surface area contributed by atoms with Gasteiger partial charge in [-0.25, -0.2) is 19.9 Å². The molecule has 4 heterocycles. The molecule has 0 bridgehead atoms. The van der Waals surface area contributed by atoms with Crippen molar-refractivity contribution >= 4 is 17.4 Å².